The lowest BCUT2D eigenvalue weighted by Gasteiger charge is -2.17. The van der Waals surface area contributed by atoms with Gasteiger partial charge < -0.3 is 0 Å². The first-order chi connectivity index (χ1) is 20.2. The standard InChI is InChI=1S/C39H29N2/c1-24(32-17-13-30-11-9-26-5-3-7-28-15-19-34(32)38(30)36(26)28)40-21-22-41(23-40)25(2)33-18-14-31-12-10-27-6-4-8-29-16-20-35(33)39(31)37(27)29/h3-25H,1-2H3/q+1/t24-,25-/m1/s1. The SMILES string of the molecule is C[C@H](c1ccc2ccc3cccc4ccc1c2c34)n1cc[n+]([C@H](C)c2ccc3ccc4cccc5ccc2c3c45)c1. The molecule has 0 fully saturated rings. The molecule has 41 heavy (non-hydrogen) atoms. The van der Waals surface area contributed by atoms with Gasteiger partial charge >= 0.3 is 0 Å². The Bertz CT molecular complexity index is 2210. The quantitative estimate of drug-likeness (QED) is 0.160. The molecule has 1 aromatic heterocycles. The Morgan fingerprint density at radius 1 is 0.488 bits per heavy atom. The highest BCUT2D eigenvalue weighted by molar-refractivity contribution is 6.24. The maximum absolute atomic E-state index is 2.36. The molecule has 2 heteroatoms. The first kappa shape index (κ1) is 22.8. The molecule has 0 saturated carbocycles. The minimum atomic E-state index is 0.203. The van der Waals surface area contributed by atoms with Crippen LogP contribution in [0.4, 0.5) is 0 Å². The Morgan fingerprint density at radius 2 is 0.927 bits per heavy atom. The first-order valence-corrected chi connectivity index (χ1v) is 14.6. The Balaban J connectivity index is 1.15. The smallest absolute Gasteiger partial charge is 0.230 e. The number of hydrogen-bond donors (Lipinski definition) is 0. The van der Waals surface area contributed by atoms with Crippen LogP contribution >= 0.6 is 0 Å². The molecule has 2 nitrogen and oxygen atoms in total. The molecular formula is C39H29N2+. The van der Waals surface area contributed by atoms with E-state index in [1.807, 2.05) is 0 Å². The summed E-state index contributed by atoms with van der Waals surface area (Å²) in [6.07, 6.45) is 6.75. The van der Waals surface area contributed by atoms with Crippen molar-refractivity contribution in [3.63, 3.8) is 0 Å². The van der Waals surface area contributed by atoms with Crippen LogP contribution in [0.3, 0.4) is 0 Å². The third-order valence-corrected chi connectivity index (χ3v) is 9.60. The van der Waals surface area contributed by atoms with E-state index in [0.29, 0.717) is 0 Å². The van der Waals surface area contributed by atoms with Gasteiger partial charge in [0, 0.05) is 11.1 Å². The zero-order valence-electron chi connectivity index (χ0n) is 23.2. The van der Waals surface area contributed by atoms with E-state index < -0.39 is 0 Å². The van der Waals surface area contributed by atoms with Crippen LogP contribution in [0.1, 0.15) is 37.1 Å². The van der Waals surface area contributed by atoms with Gasteiger partial charge in [0.25, 0.3) is 0 Å². The van der Waals surface area contributed by atoms with E-state index in [2.05, 4.69) is 151 Å². The maximum Gasteiger partial charge on any atom is 0.244 e. The van der Waals surface area contributed by atoms with Crippen molar-refractivity contribution < 1.29 is 4.57 Å². The second-order valence-electron chi connectivity index (χ2n) is 11.7. The highest BCUT2D eigenvalue weighted by atomic mass is 15.1. The normalized spacial score (nSPS) is 13.9. The summed E-state index contributed by atoms with van der Waals surface area (Å²) >= 11 is 0. The minimum absolute atomic E-state index is 0.203. The topological polar surface area (TPSA) is 8.81 Å². The van der Waals surface area contributed by atoms with Crippen LogP contribution in [-0.4, -0.2) is 4.57 Å². The Morgan fingerprint density at radius 3 is 1.49 bits per heavy atom. The van der Waals surface area contributed by atoms with Crippen LogP contribution in [0.25, 0.3) is 64.6 Å². The van der Waals surface area contributed by atoms with Crippen molar-refractivity contribution in [2.45, 2.75) is 25.9 Å². The first-order valence-electron chi connectivity index (χ1n) is 14.6. The van der Waals surface area contributed by atoms with E-state index in [9.17, 15) is 0 Å². The zero-order chi connectivity index (χ0) is 27.2. The number of imidazole rings is 1. The van der Waals surface area contributed by atoms with Crippen LogP contribution in [-0.2, 0) is 0 Å². The molecule has 0 aliphatic rings. The van der Waals surface area contributed by atoms with E-state index in [4.69, 9.17) is 0 Å². The van der Waals surface area contributed by atoms with Crippen LogP contribution in [0.2, 0.25) is 0 Å². The zero-order valence-corrected chi connectivity index (χ0v) is 23.2. The lowest BCUT2D eigenvalue weighted by Crippen LogP contribution is -2.36. The largest absolute Gasteiger partial charge is 0.244 e. The van der Waals surface area contributed by atoms with E-state index in [1.54, 1.807) is 0 Å². The second-order valence-corrected chi connectivity index (χ2v) is 11.7. The van der Waals surface area contributed by atoms with Gasteiger partial charge in [0.1, 0.15) is 24.5 Å². The summed E-state index contributed by atoms with van der Waals surface area (Å²) in [6.45, 7) is 4.63. The molecule has 0 unspecified atom stereocenters. The minimum Gasteiger partial charge on any atom is -0.230 e. The predicted molar refractivity (Wildman–Crippen MR) is 173 cm³/mol. The third kappa shape index (κ3) is 3.16. The fourth-order valence-corrected chi connectivity index (χ4v) is 7.41. The van der Waals surface area contributed by atoms with Gasteiger partial charge in [-0.3, -0.25) is 0 Å². The summed E-state index contributed by atoms with van der Waals surface area (Å²) in [4.78, 5) is 0. The number of benzene rings is 8. The van der Waals surface area contributed by atoms with Crippen molar-refractivity contribution in [2.75, 3.05) is 0 Å². The number of rotatable bonds is 4. The van der Waals surface area contributed by atoms with Gasteiger partial charge in [0.2, 0.25) is 6.33 Å². The molecule has 194 valence electrons. The number of hydrogen-bond acceptors (Lipinski definition) is 0. The Labute approximate surface area is 238 Å². The van der Waals surface area contributed by atoms with Gasteiger partial charge in [-0.15, -0.1) is 0 Å². The van der Waals surface area contributed by atoms with Crippen molar-refractivity contribution in [3.05, 3.63) is 139 Å². The Kier molecular flexibility index (Phi) is 4.61. The van der Waals surface area contributed by atoms with Gasteiger partial charge in [0.05, 0.1) is 0 Å². The number of nitrogens with zero attached hydrogens (tertiary/aromatic N) is 2. The maximum atomic E-state index is 2.36. The molecule has 8 aromatic carbocycles. The molecule has 0 amide bonds. The van der Waals surface area contributed by atoms with E-state index >= 15 is 0 Å². The molecule has 0 spiro atoms. The average Bonchev–Trinajstić information content (AvgIpc) is 3.52. The number of aromatic nitrogens is 2. The summed E-state index contributed by atoms with van der Waals surface area (Å²) in [5.74, 6) is 0. The van der Waals surface area contributed by atoms with Crippen LogP contribution in [0.15, 0.2) is 128 Å². The molecule has 0 bridgehead atoms. The highest BCUT2D eigenvalue weighted by Gasteiger charge is 2.23. The Hall–Kier alpha value is -4.95. The third-order valence-electron chi connectivity index (χ3n) is 9.60. The van der Waals surface area contributed by atoms with Crippen LogP contribution in [0.5, 0.6) is 0 Å². The van der Waals surface area contributed by atoms with Gasteiger partial charge in [-0.05, 0) is 78.5 Å². The monoisotopic (exact) mass is 525 g/mol. The molecule has 0 aliphatic heterocycles. The second kappa shape index (κ2) is 8.28. The molecule has 9 aromatic rings. The molecule has 0 N–H and O–H groups in total. The molecule has 0 saturated heterocycles. The molecule has 2 atom stereocenters. The van der Waals surface area contributed by atoms with Crippen molar-refractivity contribution in [1.82, 2.24) is 4.57 Å². The predicted octanol–water partition coefficient (Wildman–Crippen LogP) is 9.79. The molecule has 9 rings (SSSR count). The summed E-state index contributed by atoms with van der Waals surface area (Å²) in [7, 11) is 0. The summed E-state index contributed by atoms with van der Waals surface area (Å²) < 4.78 is 4.72. The van der Waals surface area contributed by atoms with Gasteiger partial charge in [-0.2, -0.15) is 0 Å². The summed E-state index contributed by atoms with van der Waals surface area (Å²) in [6, 6.07) is 41.1. The van der Waals surface area contributed by atoms with Gasteiger partial charge in [0.15, 0.2) is 0 Å². The van der Waals surface area contributed by atoms with Crippen molar-refractivity contribution in [1.29, 1.82) is 0 Å². The summed E-state index contributed by atoms with van der Waals surface area (Å²) in [5.41, 5.74) is 2.71. The van der Waals surface area contributed by atoms with Crippen molar-refractivity contribution >= 4 is 64.6 Å². The average molecular weight is 526 g/mol. The molecule has 0 aliphatic carbocycles. The van der Waals surface area contributed by atoms with Gasteiger partial charge in [-0.1, -0.05) is 109 Å². The molecular weight excluding hydrogens is 496 g/mol. The summed E-state index contributed by atoms with van der Waals surface area (Å²) in [5, 5.41) is 16.1. The lowest BCUT2D eigenvalue weighted by molar-refractivity contribution is -0.709. The van der Waals surface area contributed by atoms with Gasteiger partial charge in [-0.25, -0.2) is 9.13 Å². The van der Waals surface area contributed by atoms with E-state index in [-0.39, 0.29) is 12.1 Å². The molecule has 0 radical (unpaired) electrons. The van der Waals surface area contributed by atoms with Crippen LogP contribution < -0.4 is 4.57 Å². The lowest BCUT2D eigenvalue weighted by atomic mass is 9.90. The highest BCUT2D eigenvalue weighted by Crippen LogP contribution is 2.39. The van der Waals surface area contributed by atoms with Crippen molar-refractivity contribution in [3.8, 4) is 0 Å². The fourth-order valence-electron chi connectivity index (χ4n) is 7.41. The molecule has 1 heterocycles. The van der Waals surface area contributed by atoms with Crippen molar-refractivity contribution in [2.24, 2.45) is 0 Å². The van der Waals surface area contributed by atoms with E-state index in [0.717, 1.165) is 0 Å². The van der Waals surface area contributed by atoms with E-state index in [1.165, 1.54) is 75.8 Å². The van der Waals surface area contributed by atoms with Crippen LogP contribution in [0, 0.1) is 0 Å². The fraction of sp³-hybridized carbons (Fsp3) is 0.103.